The summed E-state index contributed by atoms with van der Waals surface area (Å²) < 4.78 is 14.1. The van der Waals surface area contributed by atoms with E-state index < -0.39 is 11.7 Å². The number of carbonyl (C=O) groups excluding carboxylic acids is 2. The predicted molar refractivity (Wildman–Crippen MR) is 88.3 cm³/mol. The van der Waals surface area contributed by atoms with E-state index in [2.05, 4.69) is 5.32 Å². The molecule has 1 heterocycles. The summed E-state index contributed by atoms with van der Waals surface area (Å²) in [6.07, 6.45) is 4.96. The molecule has 2 amide bonds. The highest BCUT2D eigenvalue weighted by molar-refractivity contribution is 5.99. The van der Waals surface area contributed by atoms with Gasteiger partial charge in [0.1, 0.15) is 5.82 Å². The first-order valence-electron chi connectivity index (χ1n) is 8.62. The maximum Gasteiger partial charge on any atom is 0.254 e. The fourth-order valence-electron chi connectivity index (χ4n) is 3.64. The topological polar surface area (TPSA) is 69.6 Å². The minimum atomic E-state index is -0.598. The Balaban J connectivity index is 1.77. The Morgan fingerprint density at radius 3 is 2.79 bits per heavy atom. The summed E-state index contributed by atoms with van der Waals surface area (Å²) in [7, 11) is 0. The van der Waals surface area contributed by atoms with Crippen molar-refractivity contribution in [2.45, 2.75) is 44.6 Å². The first-order valence-corrected chi connectivity index (χ1v) is 8.62. The number of halogens is 1. The van der Waals surface area contributed by atoms with Crippen molar-refractivity contribution in [3.63, 3.8) is 0 Å². The summed E-state index contributed by atoms with van der Waals surface area (Å²) >= 11 is 0. The molecule has 2 fully saturated rings. The minimum Gasteiger partial charge on any atom is -0.396 e. The van der Waals surface area contributed by atoms with Crippen molar-refractivity contribution in [3.05, 3.63) is 29.6 Å². The molecule has 24 heavy (non-hydrogen) atoms. The minimum absolute atomic E-state index is 0.000548. The maximum atomic E-state index is 14.1. The lowest BCUT2D eigenvalue weighted by Gasteiger charge is -2.31. The van der Waals surface area contributed by atoms with Crippen molar-refractivity contribution in [2.75, 3.05) is 18.1 Å². The SMILES string of the molecule is O=C(NC1CCCCC1CO)c1cc(N2CCCC2=O)ccc1F. The van der Waals surface area contributed by atoms with E-state index >= 15 is 0 Å². The molecule has 1 saturated heterocycles. The molecule has 0 bridgehead atoms. The lowest BCUT2D eigenvalue weighted by molar-refractivity contribution is -0.117. The van der Waals surface area contributed by atoms with E-state index in [1.165, 1.54) is 18.2 Å². The number of nitrogens with one attached hydrogen (secondary N) is 1. The highest BCUT2D eigenvalue weighted by Crippen LogP contribution is 2.26. The Morgan fingerprint density at radius 1 is 1.29 bits per heavy atom. The summed E-state index contributed by atoms with van der Waals surface area (Å²) in [5.41, 5.74) is 0.515. The Bertz CT molecular complexity index is 635. The first kappa shape index (κ1) is 16.9. The average molecular weight is 334 g/mol. The van der Waals surface area contributed by atoms with Crippen molar-refractivity contribution >= 4 is 17.5 Å². The maximum absolute atomic E-state index is 14.1. The molecular weight excluding hydrogens is 311 g/mol. The molecule has 1 aliphatic heterocycles. The van der Waals surface area contributed by atoms with E-state index in [9.17, 15) is 19.1 Å². The Labute approximate surface area is 140 Å². The number of hydrogen-bond donors (Lipinski definition) is 2. The second-order valence-corrected chi connectivity index (χ2v) is 6.62. The van der Waals surface area contributed by atoms with Crippen LogP contribution < -0.4 is 10.2 Å². The number of rotatable bonds is 4. The number of benzene rings is 1. The van der Waals surface area contributed by atoms with Crippen molar-refractivity contribution in [1.82, 2.24) is 5.32 Å². The second-order valence-electron chi connectivity index (χ2n) is 6.62. The normalized spacial score (nSPS) is 24.2. The van der Waals surface area contributed by atoms with Crippen LogP contribution in [0.1, 0.15) is 48.9 Å². The van der Waals surface area contributed by atoms with Gasteiger partial charge in [0.25, 0.3) is 5.91 Å². The molecule has 2 unspecified atom stereocenters. The molecule has 6 heteroatoms. The van der Waals surface area contributed by atoms with Crippen molar-refractivity contribution in [2.24, 2.45) is 5.92 Å². The molecule has 1 aliphatic carbocycles. The fraction of sp³-hybridized carbons (Fsp3) is 0.556. The van der Waals surface area contributed by atoms with Gasteiger partial charge in [-0.2, -0.15) is 0 Å². The van der Waals surface area contributed by atoms with Crippen LogP contribution >= 0.6 is 0 Å². The van der Waals surface area contributed by atoms with Gasteiger partial charge < -0.3 is 15.3 Å². The van der Waals surface area contributed by atoms with E-state index in [-0.39, 0.29) is 30.0 Å². The highest BCUT2D eigenvalue weighted by Gasteiger charge is 2.28. The van der Waals surface area contributed by atoms with Gasteiger partial charge in [0, 0.05) is 37.2 Å². The number of nitrogens with zero attached hydrogens (tertiary/aromatic N) is 1. The number of anilines is 1. The van der Waals surface area contributed by atoms with Gasteiger partial charge >= 0.3 is 0 Å². The van der Waals surface area contributed by atoms with Crippen LogP contribution in [0.3, 0.4) is 0 Å². The Morgan fingerprint density at radius 2 is 2.08 bits per heavy atom. The van der Waals surface area contributed by atoms with E-state index in [0.29, 0.717) is 18.7 Å². The number of aliphatic hydroxyl groups excluding tert-OH is 1. The fourth-order valence-corrected chi connectivity index (χ4v) is 3.64. The molecule has 2 aliphatic rings. The van der Waals surface area contributed by atoms with Gasteiger partial charge in [0.2, 0.25) is 5.91 Å². The Hall–Kier alpha value is -1.95. The summed E-state index contributed by atoms with van der Waals surface area (Å²) in [5.74, 6) is -1.06. The predicted octanol–water partition coefficient (Wildman–Crippen LogP) is 2.23. The van der Waals surface area contributed by atoms with Gasteiger partial charge in [-0.15, -0.1) is 0 Å². The zero-order valence-electron chi connectivity index (χ0n) is 13.6. The molecule has 0 spiro atoms. The number of amides is 2. The lowest BCUT2D eigenvalue weighted by atomic mass is 9.85. The molecule has 1 aromatic carbocycles. The van der Waals surface area contributed by atoms with E-state index in [1.807, 2.05) is 0 Å². The molecule has 0 aromatic heterocycles. The molecular formula is C18H23FN2O3. The zero-order chi connectivity index (χ0) is 17.1. The Kier molecular flexibility index (Phi) is 5.14. The molecule has 2 atom stereocenters. The highest BCUT2D eigenvalue weighted by atomic mass is 19.1. The smallest absolute Gasteiger partial charge is 0.254 e. The molecule has 130 valence electrons. The van der Waals surface area contributed by atoms with Crippen LogP contribution in [0.25, 0.3) is 0 Å². The third kappa shape index (κ3) is 3.43. The van der Waals surface area contributed by atoms with Crippen molar-refractivity contribution < 1.29 is 19.1 Å². The van der Waals surface area contributed by atoms with Gasteiger partial charge in [-0.25, -0.2) is 4.39 Å². The van der Waals surface area contributed by atoms with E-state index in [4.69, 9.17) is 0 Å². The average Bonchev–Trinajstić information content (AvgIpc) is 3.02. The first-order chi connectivity index (χ1) is 11.6. The lowest BCUT2D eigenvalue weighted by Crippen LogP contribution is -2.43. The van der Waals surface area contributed by atoms with Gasteiger partial charge in [0.15, 0.2) is 0 Å². The van der Waals surface area contributed by atoms with Crippen LogP contribution in [0.4, 0.5) is 10.1 Å². The monoisotopic (exact) mass is 334 g/mol. The molecule has 1 aromatic rings. The van der Waals surface area contributed by atoms with E-state index in [1.54, 1.807) is 4.90 Å². The third-order valence-electron chi connectivity index (χ3n) is 5.04. The molecule has 5 nitrogen and oxygen atoms in total. The standard InChI is InChI=1S/C18H23FN2O3/c19-15-8-7-13(21-9-3-6-17(21)23)10-14(15)18(24)20-16-5-2-1-4-12(16)11-22/h7-8,10,12,16,22H,1-6,9,11H2,(H,20,24). The van der Waals surface area contributed by atoms with Crippen LogP contribution in [0.15, 0.2) is 18.2 Å². The van der Waals surface area contributed by atoms with E-state index in [0.717, 1.165) is 32.1 Å². The summed E-state index contributed by atoms with van der Waals surface area (Å²) in [4.78, 5) is 25.9. The number of aliphatic hydroxyl groups is 1. The quantitative estimate of drug-likeness (QED) is 0.887. The summed E-state index contributed by atoms with van der Waals surface area (Å²) in [6, 6.07) is 4.09. The van der Waals surface area contributed by atoms with Gasteiger partial charge in [-0.05, 0) is 37.5 Å². The molecule has 0 radical (unpaired) electrons. The van der Waals surface area contributed by atoms with Crippen LogP contribution in [-0.4, -0.2) is 36.1 Å². The summed E-state index contributed by atoms with van der Waals surface area (Å²) in [5, 5.41) is 12.3. The third-order valence-corrected chi connectivity index (χ3v) is 5.04. The van der Waals surface area contributed by atoms with Crippen molar-refractivity contribution in [1.29, 1.82) is 0 Å². The molecule has 2 N–H and O–H groups in total. The molecule has 1 saturated carbocycles. The van der Waals surface area contributed by atoms with Gasteiger partial charge in [-0.1, -0.05) is 12.8 Å². The van der Waals surface area contributed by atoms with Crippen molar-refractivity contribution in [3.8, 4) is 0 Å². The van der Waals surface area contributed by atoms with Gasteiger partial charge in [-0.3, -0.25) is 9.59 Å². The zero-order valence-corrected chi connectivity index (χ0v) is 13.6. The van der Waals surface area contributed by atoms with Crippen LogP contribution in [0.2, 0.25) is 0 Å². The number of hydrogen-bond acceptors (Lipinski definition) is 3. The van der Waals surface area contributed by atoms with Crippen LogP contribution in [0, 0.1) is 11.7 Å². The second kappa shape index (κ2) is 7.30. The number of carbonyl (C=O) groups is 2. The van der Waals surface area contributed by atoms with Crippen LogP contribution in [0.5, 0.6) is 0 Å². The molecule has 3 rings (SSSR count). The largest absolute Gasteiger partial charge is 0.396 e. The van der Waals surface area contributed by atoms with Gasteiger partial charge in [0.05, 0.1) is 5.56 Å². The summed E-state index contributed by atoms with van der Waals surface area (Å²) in [6.45, 7) is 0.622. The van der Waals surface area contributed by atoms with Crippen LogP contribution in [-0.2, 0) is 4.79 Å².